The molecule has 0 aliphatic rings. The summed E-state index contributed by atoms with van der Waals surface area (Å²) in [6.07, 6.45) is 0. The van der Waals surface area contributed by atoms with Gasteiger partial charge in [0.05, 0.1) is 23.8 Å². The Bertz CT molecular complexity index is 662. The van der Waals surface area contributed by atoms with Crippen molar-refractivity contribution in [3.05, 3.63) is 51.0 Å². The number of rotatable bonds is 6. The van der Waals surface area contributed by atoms with Gasteiger partial charge in [-0.15, -0.1) is 0 Å². The highest BCUT2D eigenvalue weighted by molar-refractivity contribution is 6.42. The first kappa shape index (κ1) is 17.1. The minimum absolute atomic E-state index is 0.500. The molecule has 0 atom stereocenters. The lowest BCUT2D eigenvalue weighted by Gasteiger charge is -2.16. The van der Waals surface area contributed by atoms with Gasteiger partial charge in [0.1, 0.15) is 0 Å². The van der Waals surface area contributed by atoms with Crippen molar-refractivity contribution in [1.29, 1.82) is 0 Å². The summed E-state index contributed by atoms with van der Waals surface area (Å²) in [6.45, 7) is 2.98. The zero-order valence-electron chi connectivity index (χ0n) is 12.3. The molecule has 0 fully saturated rings. The zero-order chi connectivity index (χ0) is 16.1. The van der Waals surface area contributed by atoms with Crippen LogP contribution >= 0.6 is 34.8 Å². The Labute approximate surface area is 145 Å². The topological polar surface area (TPSA) is 30.5 Å². The highest BCUT2D eigenvalue weighted by Gasteiger charge is 2.12. The van der Waals surface area contributed by atoms with Crippen LogP contribution in [0.1, 0.15) is 12.5 Å². The molecule has 118 valence electrons. The van der Waals surface area contributed by atoms with E-state index in [4.69, 9.17) is 44.3 Å². The molecule has 2 rings (SSSR count). The van der Waals surface area contributed by atoms with E-state index in [0.29, 0.717) is 39.7 Å². The molecule has 0 aliphatic carbocycles. The van der Waals surface area contributed by atoms with Crippen molar-refractivity contribution in [2.45, 2.75) is 13.5 Å². The molecule has 0 radical (unpaired) electrons. The van der Waals surface area contributed by atoms with Gasteiger partial charge in [-0.05, 0) is 31.2 Å². The minimum Gasteiger partial charge on any atom is -0.493 e. The zero-order valence-corrected chi connectivity index (χ0v) is 14.5. The summed E-state index contributed by atoms with van der Waals surface area (Å²) in [5.41, 5.74) is 1.76. The van der Waals surface area contributed by atoms with Crippen LogP contribution in [0.15, 0.2) is 30.3 Å². The molecule has 22 heavy (non-hydrogen) atoms. The smallest absolute Gasteiger partial charge is 0.166 e. The van der Waals surface area contributed by atoms with E-state index in [2.05, 4.69) is 5.32 Å². The van der Waals surface area contributed by atoms with Crippen molar-refractivity contribution in [2.75, 3.05) is 19.0 Å². The van der Waals surface area contributed by atoms with E-state index in [1.54, 1.807) is 25.3 Å². The number of hydrogen-bond donors (Lipinski definition) is 1. The number of methoxy groups -OCH3 is 1. The van der Waals surface area contributed by atoms with E-state index >= 15 is 0 Å². The summed E-state index contributed by atoms with van der Waals surface area (Å²) in [6, 6.07) is 8.95. The van der Waals surface area contributed by atoms with Crippen molar-refractivity contribution in [1.82, 2.24) is 0 Å². The Kier molecular flexibility index (Phi) is 6.07. The second-order valence-corrected chi connectivity index (χ2v) is 5.76. The predicted octanol–water partition coefficient (Wildman–Crippen LogP) is 5.67. The Morgan fingerprint density at radius 2 is 1.82 bits per heavy atom. The van der Waals surface area contributed by atoms with Gasteiger partial charge in [0.15, 0.2) is 11.5 Å². The average molecular weight is 361 g/mol. The summed E-state index contributed by atoms with van der Waals surface area (Å²) < 4.78 is 11.0. The van der Waals surface area contributed by atoms with Crippen LogP contribution in [0.25, 0.3) is 0 Å². The van der Waals surface area contributed by atoms with Gasteiger partial charge in [-0.3, -0.25) is 0 Å². The average Bonchev–Trinajstić information content (AvgIpc) is 2.50. The lowest BCUT2D eigenvalue weighted by atomic mass is 10.1. The molecule has 0 spiro atoms. The summed E-state index contributed by atoms with van der Waals surface area (Å²) in [7, 11) is 1.59. The number of hydrogen-bond acceptors (Lipinski definition) is 3. The molecule has 0 bridgehead atoms. The number of anilines is 1. The van der Waals surface area contributed by atoms with Crippen LogP contribution in [-0.2, 0) is 6.54 Å². The lowest BCUT2D eigenvalue weighted by Crippen LogP contribution is -2.05. The Morgan fingerprint density at radius 3 is 2.45 bits per heavy atom. The summed E-state index contributed by atoms with van der Waals surface area (Å²) in [5.74, 6) is 1.29. The molecule has 0 aliphatic heterocycles. The van der Waals surface area contributed by atoms with Gasteiger partial charge >= 0.3 is 0 Å². The first-order valence-electron chi connectivity index (χ1n) is 6.73. The van der Waals surface area contributed by atoms with Crippen LogP contribution in [0.2, 0.25) is 15.1 Å². The van der Waals surface area contributed by atoms with Crippen molar-refractivity contribution in [3.63, 3.8) is 0 Å². The van der Waals surface area contributed by atoms with Crippen molar-refractivity contribution >= 4 is 40.5 Å². The Balaban J connectivity index is 2.24. The monoisotopic (exact) mass is 359 g/mol. The maximum absolute atomic E-state index is 6.13. The van der Waals surface area contributed by atoms with Crippen LogP contribution < -0.4 is 14.8 Å². The number of nitrogens with one attached hydrogen (secondary N) is 1. The molecule has 3 nitrogen and oxygen atoms in total. The minimum atomic E-state index is 0.500. The maximum atomic E-state index is 6.13. The highest BCUT2D eigenvalue weighted by atomic mass is 35.5. The van der Waals surface area contributed by atoms with E-state index in [1.807, 2.05) is 19.1 Å². The second kappa shape index (κ2) is 7.82. The molecule has 2 aromatic carbocycles. The molecule has 2 aromatic rings. The van der Waals surface area contributed by atoms with E-state index in [-0.39, 0.29) is 0 Å². The summed E-state index contributed by atoms with van der Waals surface area (Å²) in [4.78, 5) is 0. The molecule has 0 saturated carbocycles. The summed E-state index contributed by atoms with van der Waals surface area (Å²) >= 11 is 18.0. The Morgan fingerprint density at radius 1 is 1.05 bits per heavy atom. The molecule has 0 amide bonds. The Hall–Kier alpha value is -1.29. The molecule has 0 aromatic heterocycles. The van der Waals surface area contributed by atoms with Crippen molar-refractivity contribution < 1.29 is 9.47 Å². The third kappa shape index (κ3) is 4.13. The molecule has 0 saturated heterocycles. The quantitative estimate of drug-likeness (QED) is 0.720. The fraction of sp³-hybridized carbons (Fsp3) is 0.250. The molecule has 0 heterocycles. The van der Waals surface area contributed by atoms with Gasteiger partial charge in [-0.2, -0.15) is 0 Å². The van der Waals surface area contributed by atoms with Crippen LogP contribution in [0, 0.1) is 0 Å². The summed E-state index contributed by atoms with van der Waals surface area (Å²) in [5, 5.41) is 4.88. The molecule has 6 heteroatoms. The number of benzene rings is 2. The normalized spacial score (nSPS) is 10.4. The third-order valence-corrected chi connectivity index (χ3v) is 3.96. The van der Waals surface area contributed by atoms with Gasteiger partial charge in [0, 0.05) is 28.9 Å². The third-order valence-electron chi connectivity index (χ3n) is 3.01. The van der Waals surface area contributed by atoms with E-state index in [0.717, 1.165) is 11.3 Å². The molecule has 1 N–H and O–H groups in total. The van der Waals surface area contributed by atoms with E-state index in [1.165, 1.54) is 0 Å². The SMILES string of the molecule is CCOc1c(CNc2ccc(Cl)c(Cl)c2)cc(Cl)cc1OC. The largest absolute Gasteiger partial charge is 0.493 e. The fourth-order valence-corrected chi connectivity index (χ4v) is 2.55. The van der Waals surface area contributed by atoms with Crippen LogP contribution in [0.5, 0.6) is 11.5 Å². The first-order valence-corrected chi connectivity index (χ1v) is 7.86. The van der Waals surface area contributed by atoms with Gasteiger partial charge in [-0.1, -0.05) is 34.8 Å². The molecular formula is C16H16Cl3NO2. The molecular weight excluding hydrogens is 345 g/mol. The van der Waals surface area contributed by atoms with Crippen LogP contribution in [-0.4, -0.2) is 13.7 Å². The van der Waals surface area contributed by atoms with Crippen LogP contribution in [0.3, 0.4) is 0 Å². The lowest BCUT2D eigenvalue weighted by molar-refractivity contribution is 0.308. The van der Waals surface area contributed by atoms with Crippen LogP contribution in [0.4, 0.5) is 5.69 Å². The number of halogens is 3. The maximum Gasteiger partial charge on any atom is 0.166 e. The second-order valence-electron chi connectivity index (χ2n) is 4.51. The van der Waals surface area contributed by atoms with Gasteiger partial charge in [0.2, 0.25) is 0 Å². The van der Waals surface area contributed by atoms with Gasteiger partial charge in [0.25, 0.3) is 0 Å². The predicted molar refractivity (Wildman–Crippen MR) is 93.0 cm³/mol. The fourth-order valence-electron chi connectivity index (χ4n) is 2.02. The first-order chi connectivity index (χ1) is 10.5. The van der Waals surface area contributed by atoms with Crippen molar-refractivity contribution in [3.8, 4) is 11.5 Å². The van der Waals surface area contributed by atoms with Gasteiger partial charge in [-0.25, -0.2) is 0 Å². The molecule has 0 unspecified atom stereocenters. The van der Waals surface area contributed by atoms with E-state index < -0.39 is 0 Å². The van der Waals surface area contributed by atoms with E-state index in [9.17, 15) is 0 Å². The standard InChI is InChI=1S/C16H16Cl3NO2/c1-3-22-16-10(6-11(17)7-15(16)21-2)9-20-12-4-5-13(18)14(19)8-12/h4-8,20H,3,9H2,1-2H3. The highest BCUT2D eigenvalue weighted by Crippen LogP contribution is 2.35. The van der Waals surface area contributed by atoms with Crippen molar-refractivity contribution in [2.24, 2.45) is 0 Å². The number of ether oxygens (including phenoxy) is 2. The van der Waals surface area contributed by atoms with Gasteiger partial charge < -0.3 is 14.8 Å².